The van der Waals surface area contributed by atoms with Crippen LogP contribution in [0.3, 0.4) is 0 Å². The van der Waals surface area contributed by atoms with E-state index < -0.39 is 0 Å². The van der Waals surface area contributed by atoms with E-state index in [1.165, 1.54) is 12.8 Å². The van der Waals surface area contributed by atoms with Gasteiger partial charge in [-0.2, -0.15) is 0 Å². The lowest BCUT2D eigenvalue weighted by atomic mass is 10.1. The fraction of sp³-hybridized carbons (Fsp3) is 0.941. The zero-order chi connectivity index (χ0) is 15.9. The number of carbonyl (C=O) groups excluding carboxylic acids is 1. The first-order chi connectivity index (χ1) is 10.7. The Morgan fingerprint density at radius 2 is 1.91 bits per heavy atom. The second kappa shape index (κ2) is 8.85. The molecule has 2 heterocycles. The van der Waals surface area contributed by atoms with E-state index in [1.807, 2.05) is 11.8 Å². The van der Waals surface area contributed by atoms with Crippen LogP contribution in [0.1, 0.15) is 40.0 Å². The Bertz CT molecular complexity index is 345. The molecule has 5 nitrogen and oxygen atoms in total. The zero-order valence-electron chi connectivity index (χ0n) is 14.6. The van der Waals surface area contributed by atoms with Gasteiger partial charge in [0.25, 0.3) is 0 Å². The second-order valence-corrected chi connectivity index (χ2v) is 6.50. The van der Waals surface area contributed by atoms with Crippen molar-refractivity contribution in [1.82, 2.24) is 14.7 Å². The van der Waals surface area contributed by atoms with Gasteiger partial charge in [-0.15, -0.1) is 0 Å². The molecule has 0 unspecified atom stereocenters. The Labute approximate surface area is 135 Å². The molecule has 1 amide bonds. The molecule has 0 saturated carbocycles. The molecule has 2 fully saturated rings. The summed E-state index contributed by atoms with van der Waals surface area (Å²) in [5.74, 6) is 0.329. The van der Waals surface area contributed by atoms with E-state index in [0.29, 0.717) is 11.9 Å². The molecule has 2 aliphatic rings. The van der Waals surface area contributed by atoms with E-state index in [2.05, 4.69) is 23.6 Å². The van der Waals surface area contributed by atoms with Crippen molar-refractivity contribution in [3.8, 4) is 0 Å². The van der Waals surface area contributed by atoms with Gasteiger partial charge in [0.05, 0.1) is 12.6 Å². The summed E-state index contributed by atoms with van der Waals surface area (Å²) in [6, 6.07) is 0.573. The molecular formula is C17H33N3O2. The number of amides is 1. The second-order valence-electron chi connectivity index (χ2n) is 6.50. The maximum absolute atomic E-state index is 12.6. The number of ether oxygens (including phenoxy) is 1. The highest BCUT2D eigenvalue weighted by atomic mass is 16.5. The first kappa shape index (κ1) is 17.7. The third kappa shape index (κ3) is 4.43. The van der Waals surface area contributed by atoms with Crippen LogP contribution < -0.4 is 0 Å². The molecule has 0 N–H and O–H groups in total. The van der Waals surface area contributed by atoms with Crippen molar-refractivity contribution in [2.24, 2.45) is 0 Å². The Kier molecular flexibility index (Phi) is 7.12. The van der Waals surface area contributed by atoms with Crippen molar-refractivity contribution in [2.75, 3.05) is 52.5 Å². The largest absolute Gasteiger partial charge is 0.380 e. The maximum Gasteiger partial charge on any atom is 0.239 e. The fourth-order valence-corrected chi connectivity index (χ4v) is 3.63. The summed E-state index contributed by atoms with van der Waals surface area (Å²) in [5.41, 5.74) is 0. The van der Waals surface area contributed by atoms with Gasteiger partial charge in [0.15, 0.2) is 0 Å². The van der Waals surface area contributed by atoms with Gasteiger partial charge >= 0.3 is 0 Å². The van der Waals surface area contributed by atoms with E-state index in [0.717, 1.165) is 58.9 Å². The monoisotopic (exact) mass is 311 g/mol. The summed E-state index contributed by atoms with van der Waals surface area (Å²) in [7, 11) is 0. The Balaban J connectivity index is 1.84. The highest BCUT2D eigenvalue weighted by Gasteiger charge is 2.33. The normalized spacial score (nSPS) is 25.6. The number of rotatable bonds is 7. The van der Waals surface area contributed by atoms with Crippen molar-refractivity contribution in [3.63, 3.8) is 0 Å². The van der Waals surface area contributed by atoms with E-state index in [1.54, 1.807) is 0 Å². The molecule has 5 heteroatoms. The van der Waals surface area contributed by atoms with Crippen molar-refractivity contribution >= 4 is 5.91 Å². The number of piperazine rings is 1. The molecule has 2 atom stereocenters. The summed E-state index contributed by atoms with van der Waals surface area (Å²) in [6.45, 7) is 13.9. The summed E-state index contributed by atoms with van der Waals surface area (Å²) in [5, 5.41) is 0. The van der Waals surface area contributed by atoms with Crippen LogP contribution in [0.25, 0.3) is 0 Å². The van der Waals surface area contributed by atoms with E-state index >= 15 is 0 Å². The number of carbonyl (C=O) groups is 1. The van der Waals surface area contributed by atoms with Gasteiger partial charge in [-0.05, 0) is 33.1 Å². The van der Waals surface area contributed by atoms with Crippen LogP contribution in [0, 0.1) is 0 Å². The van der Waals surface area contributed by atoms with Crippen LogP contribution in [-0.4, -0.2) is 85.2 Å². The molecule has 2 saturated heterocycles. The Morgan fingerprint density at radius 3 is 2.55 bits per heavy atom. The minimum Gasteiger partial charge on any atom is -0.380 e. The summed E-state index contributed by atoms with van der Waals surface area (Å²) in [6.07, 6.45) is 3.47. The zero-order valence-corrected chi connectivity index (χ0v) is 14.6. The fourth-order valence-electron chi connectivity index (χ4n) is 3.63. The van der Waals surface area contributed by atoms with Gasteiger partial charge in [0, 0.05) is 51.9 Å². The first-order valence-electron chi connectivity index (χ1n) is 9.02. The van der Waals surface area contributed by atoms with E-state index in [-0.39, 0.29) is 6.04 Å². The highest BCUT2D eigenvalue weighted by Crippen LogP contribution is 2.18. The molecule has 0 aromatic heterocycles. The van der Waals surface area contributed by atoms with Gasteiger partial charge in [0.1, 0.15) is 0 Å². The maximum atomic E-state index is 12.6. The number of likely N-dealkylation sites (tertiary alicyclic amines) is 1. The average molecular weight is 311 g/mol. The van der Waals surface area contributed by atoms with Gasteiger partial charge in [-0.25, -0.2) is 0 Å². The molecule has 2 rings (SSSR count). The molecule has 0 aromatic carbocycles. The SMILES string of the molecule is CCOCCN1CCN([C@H](C)C(=O)N2CCCC2)C[C@H]1CC. The molecule has 22 heavy (non-hydrogen) atoms. The van der Waals surface area contributed by atoms with E-state index in [4.69, 9.17) is 4.74 Å². The molecule has 2 aliphatic heterocycles. The average Bonchev–Trinajstić information content (AvgIpc) is 3.08. The summed E-state index contributed by atoms with van der Waals surface area (Å²) in [4.78, 5) is 19.5. The minimum atomic E-state index is 0.0289. The smallest absolute Gasteiger partial charge is 0.239 e. The van der Waals surface area contributed by atoms with Gasteiger partial charge in [-0.3, -0.25) is 14.6 Å². The molecule has 0 aromatic rings. The lowest BCUT2D eigenvalue weighted by Crippen LogP contribution is -2.58. The number of hydrogen-bond donors (Lipinski definition) is 0. The molecule has 0 bridgehead atoms. The highest BCUT2D eigenvalue weighted by molar-refractivity contribution is 5.81. The number of nitrogens with zero attached hydrogens (tertiary/aromatic N) is 3. The Morgan fingerprint density at radius 1 is 1.18 bits per heavy atom. The predicted octanol–water partition coefficient (Wildman–Crippen LogP) is 1.43. The summed E-state index contributed by atoms with van der Waals surface area (Å²) < 4.78 is 5.49. The number of hydrogen-bond acceptors (Lipinski definition) is 4. The third-order valence-corrected chi connectivity index (χ3v) is 5.16. The third-order valence-electron chi connectivity index (χ3n) is 5.16. The summed E-state index contributed by atoms with van der Waals surface area (Å²) >= 11 is 0. The van der Waals surface area contributed by atoms with Crippen LogP contribution in [0.2, 0.25) is 0 Å². The lowest BCUT2D eigenvalue weighted by molar-refractivity contribution is -0.136. The molecule has 128 valence electrons. The van der Waals surface area contributed by atoms with Crippen molar-refractivity contribution in [1.29, 1.82) is 0 Å². The molecule has 0 spiro atoms. The molecule has 0 aliphatic carbocycles. The molecular weight excluding hydrogens is 278 g/mol. The van der Waals surface area contributed by atoms with Gasteiger partial charge in [-0.1, -0.05) is 6.92 Å². The topological polar surface area (TPSA) is 36.0 Å². The predicted molar refractivity (Wildman–Crippen MR) is 89.0 cm³/mol. The quantitative estimate of drug-likeness (QED) is 0.667. The van der Waals surface area contributed by atoms with Crippen molar-refractivity contribution in [2.45, 2.75) is 52.1 Å². The van der Waals surface area contributed by atoms with Crippen molar-refractivity contribution < 1.29 is 9.53 Å². The van der Waals surface area contributed by atoms with Gasteiger partial charge < -0.3 is 9.64 Å². The van der Waals surface area contributed by atoms with Crippen molar-refractivity contribution in [3.05, 3.63) is 0 Å². The van der Waals surface area contributed by atoms with Crippen LogP contribution >= 0.6 is 0 Å². The van der Waals surface area contributed by atoms with Crippen LogP contribution in [0.15, 0.2) is 0 Å². The lowest BCUT2D eigenvalue weighted by Gasteiger charge is -2.43. The first-order valence-corrected chi connectivity index (χ1v) is 9.02. The van der Waals surface area contributed by atoms with E-state index in [9.17, 15) is 4.79 Å². The van der Waals surface area contributed by atoms with Crippen LogP contribution in [0.4, 0.5) is 0 Å². The Hall–Kier alpha value is -0.650. The van der Waals surface area contributed by atoms with Gasteiger partial charge in [0.2, 0.25) is 5.91 Å². The molecule has 0 radical (unpaired) electrons. The van der Waals surface area contributed by atoms with Crippen LogP contribution in [0.5, 0.6) is 0 Å². The standard InChI is InChI=1S/C17H33N3O2/c1-4-16-14-20(11-10-18(16)12-13-22-5-2)15(3)17(21)19-8-6-7-9-19/h15-16H,4-14H2,1-3H3/t15-,16-/m1/s1. The van der Waals surface area contributed by atoms with Crippen LogP contribution in [-0.2, 0) is 9.53 Å². The minimum absolute atomic E-state index is 0.0289.